The lowest BCUT2D eigenvalue weighted by molar-refractivity contribution is -0.137. The van der Waals surface area contributed by atoms with Gasteiger partial charge in [-0.1, -0.05) is 0 Å². The number of hydrogen-bond acceptors (Lipinski definition) is 5. The first-order valence-corrected chi connectivity index (χ1v) is 7.93. The summed E-state index contributed by atoms with van der Waals surface area (Å²) in [4.78, 5) is 23.1. The highest BCUT2D eigenvalue weighted by atomic mass is 19.4. The number of rotatable bonds is 3. The van der Waals surface area contributed by atoms with Gasteiger partial charge in [-0.2, -0.15) is 13.2 Å². The van der Waals surface area contributed by atoms with Crippen molar-refractivity contribution in [2.45, 2.75) is 31.1 Å². The second-order valence-corrected chi connectivity index (χ2v) is 6.38. The number of nitrogens with one attached hydrogen (secondary N) is 2. The number of fused-ring (bicyclic) bond motifs is 1. The molecule has 10 heteroatoms. The zero-order chi connectivity index (χ0) is 18.5. The molecule has 0 aromatic carbocycles. The summed E-state index contributed by atoms with van der Waals surface area (Å²) < 4.78 is 52.7. The number of halogens is 4. The first kappa shape index (κ1) is 16.8. The van der Waals surface area contributed by atoms with Crippen molar-refractivity contribution in [1.82, 2.24) is 20.3 Å². The van der Waals surface area contributed by atoms with Crippen LogP contribution in [0.25, 0.3) is 11.4 Å². The molecule has 1 saturated heterocycles. The van der Waals surface area contributed by atoms with Crippen LogP contribution in [0, 0.1) is 11.7 Å². The van der Waals surface area contributed by atoms with E-state index in [0.717, 1.165) is 24.9 Å². The molecule has 2 N–H and O–H groups in total. The van der Waals surface area contributed by atoms with Crippen molar-refractivity contribution in [3.05, 3.63) is 36.0 Å². The smallest absolute Gasteiger partial charge is 0.309 e. The monoisotopic (exact) mass is 367 g/mol. The maximum Gasteiger partial charge on any atom is 0.418 e. The third-order valence-electron chi connectivity index (χ3n) is 4.51. The summed E-state index contributed by atoms with van der Waals surface area (Å²) in [6.45, 7) is 0. The second kappa shape index (κ2) is 5.97. The van der Waals surface area contributed by atoms with Gasteiger partial charge in [-0.25, -0.2) is 19.3 Å². The van der Waals surface area contributed by atoms with Gasteiger partial charge in [0, 0.05) is 17.8 Å². The number of carbonyl (C=O) groups is 1. The molecule has 6 nitrogen and oxygen atoms in total. The predicted octanol–water partition coefficient (Wildman–Crippen LogP) is 2.39. The normalized spacial score (nSPS) is 24.2. The van der Waals surface area contributed by atoms with Crippen LogP contribution in [0.2, 0.25) is 0 Å². The van der Waals surface area contributed by atoms with E-state index in [9.17, 15) is 22.4 Å². The van der Waals surface area contributed by atoms with Gasteiger partial charge in [0.25, 0.3) is 0 Å². The molecule has 2 aromatic heterocycles. The van der Waals surface area contributed by atoms with Crippen LogP contribution in [0.15, 0.2) is 24.7 Å². The molecule has 2 aliphatic rings. The topological polar surface area (TPSA) is 79.8 Å². The largest absolute Gasteiger partial charge is 0.418 e. The van der Waals surface area contributed by atoms with E-state index < -0.39 is 17.6 Å². The fourth-order valence-corrected chi connectivity index (χ4v) is 3.12. The van der Waals surface area contributed by atoms with Gasteiger partial charge in [0.2, 0.25) is 5.91 Å². The third kappa shape index (κ3) is 3.24. The lowest BCUT2D eigenvalue weighted by atomic mass is 10.1. The third-order valence-corrected chi connectivity index (χ3v) is 4.51. The van der Waals surface area contributed by atoms with Crippen molar-refractivity contribution < 1.29 is 22.4 Å². The fourth-order valence-electron chi connectivity index (χ4n) is 3.12. The van der Waals surface area contributed by atoms with Gasteiger partial charge < -0.3 is 10.6 Å². The Labute approximate surface area is 145 Å². The van der Waals surface area contributed by atoms with Gasteiger partial charge in [0.15, 0.2) is 11.6 Å². The number of carbonyl (C=O) groups excluding carboxylic acids is 1. The van der Waals surface area contributed by atoms with E-state index >= 15 is 0 Å². The number of hydrogen-bond donors (Lipinski definition) is 2. The standard InChI is InChI=1S/C16H13F4N5O/c17-8-4-22-14(23-5-8)9-3-13(21-6-10(9)16(18,19)20)25-15(26)12-2-7-1-11(7)24-12/h3-7,11-12,24H,1-2H2,(H,21,25,26)/t7-,11-,12-/m1/s1. The minimum atomic E-state index is -4.70. The van der Waals surface area contributed by atoms with Gasteiger partial charge >= 0.3 is 6.18 Å². The van der Waals surface area contributed by atoms with E-state index in [4.69, 9.17) is 0 Å². The molecule has 2 fully saturated rings. The summed E-state index contributed by atoms with van der Waals surface area (Å²) in [5, 5.41) is 5.67. The number of amides is 1. The molecule has 3 heterocycles. The molecular weight excluding hydrogens is 354 g/mol. The van der Waals surface area contributed by atoms with Crippen molar-refractivity contribution in [1.29, 1.82) is 0 Å². The highest BCUT2D eigenvalue weighted by Crippen LogP contribution is 2.41. The number of anilines is 1. The molecular formula is C16H13F4N5O. The Balaban J connectivity index is 1.63. The Bertz CT molecular complexity index is 845. The molecule has 26 heavy (non-hydrogen) atoms. The first-order valence-electron chi connectivity index (χ1n) is 7.93. The molecule has 2 aromatic rings. The van der Waals surface area contributed by atoms with E-state index in [-0.39, 0.29) is 29.2 Å². The number of pyridine rings is 1. The van der Waals surface area contributed by atoms with Crippen LogP contribution < -0.4 is 10.6 Å². The van der Waals surface area contributed by atoms with Crippen molar-refractivity contribution >= 4 is 11.7 Å². The molecule has 0 unspecified atom stereocenters. The zero-order valence-electron chi connectivity index (χ0n) is 13.2. The second-order valence-electron chi connectivity index (χ2n) is 6.38. The molecule has 1 aliphatic heterocycles. The molecule has 1 saturated carbocycles. The van der Waals surface area contributed by atoms with Gasteiger partial charge in [-0.05, 0) is 24.8 Å². The predicted molar refractivity (Wildman–Crippen MR) is 82.3 cm³/mol. The molecule has 3 atom stereocenters. The first-order chi connectivity index (χ1) is 12.3. The SMILES string of the molecule is O=C(Nc1cc(-c2ncc(F)cn2)c(C(F)(F)F)cn1)[C@H]1C[C@H]2C[C@H]2N1. The summed E-state index contributed by atoms with van der Waals surface area (Å²) in [5.41, 5.74) is -1.45. The maximum atomic E-state index is 13.2. The van der Waals surface area contributed by atoms with Crippen LogP contribution in [0.1, 0.15) is 18.4 Å². The quantitative estimate of drug-likeness (QED) is 0.815. The van der Waals surface area contributed by atoms with Gasteiger partial charge in [-0.15, -0.1) is 0 Å². The Morgan fingerprint density at radius 1 is 1.15 bits per heavy atom. The van der Waals surface area contributed by atoms with E-state index in [2.05, 4.69) is 25.6 Å². The Hall–Kier alpha value is -2.62. The maximum absolute atomic E-state index is 13.2. The summed E-state index contributed by atoms with van der Waals surface area (Å²) in [7, 11) is 0. The Kier molecular flexibility index (Phi) is 3.87. The molecule has 0 bridgehead atoms. The van der Waals surface area contributed by atoms with Crippen molar-refractivity contribution in [2.75, 3.05) is 5.32 Å². The molecule has 1 aliphatic carbocycles. The van der Waals surface area contributed by atoms with E-state index in [1.54, 1.807) is 0 Å². The lowest BCUT2D eigenvalue weighted by Crippen LogP contribution is -2.38. The Morgan fingerprint density at radius 3 is 2.50 bits per heavy atom. The molecule has 4 rings (SSSR count). The van der Waals surface area contributed by atoms with Gasteiger partial charge in [0.05, 0.1) is 24.0 Å². The number of piperidine rings is 1. The highest BCUT2D eigenvalue weighted by molar-refractivity contribution is 5.95. The van der Waals surface area contributed by atoms with Gasteiger partial charge in [-0.3, -0.25) is 4.79 Å². The number of aromatic nitrogens is 3. The van der Waals surface area contributed by atoms with Crippen LogP contribution in [-0.4, -0.2) is 32.9 Å². The van der Waals surface area contributed by atoms with Crippen molar-refractivity contribution in [3.8, 4) is 11.4 Å². The molecule has 0 radical (unpaired) electrons. The van der Waals surface area contributed by atoms with Crippen LogP contribution in [0.3, 0.4) is 0 Å². The van der Waals surface area contributed by atoms with E-state index in [1.165, 1.54) is 0 Å². The van der Waals surface area contributed by atoms with Gasteiger partial charge in [0.1, 0.15) is 5.82 Å². The van der Waals surface area contributed by atoms with Crippen LogP contribution in [-0.2, 0) is 11.0 Å². The summed E-state index contributed by atoms with van der Waals surface area (Å²) in [6.07, 6.45) is -0.792. The fraction of sp³-hybridized carbons (Fsp3) is 0.375. The van der Waals surface area contributed by atoms with Crippen LogP contribution >= 0.6 is 0 Å². The summed E-state index contributed by atoms with van der Waals surface area (Å²) >= 11 is 0. The van der Waals surface area contributed by atoms with Crippen molar-refractivity contribution in [3.63, 3.8) is 0 Å². The molecule has 0 spiro atoms. The average Bonchev–Trinajstić information content (AvgIpc) is 3.20. The lowest BCUT2D eigenvalue weighted by Gasteiger charge is -2.15. The highest BCUT2D eigenvalue weighted by Gasteiger charge is 2.47. The summed E-state index contributed by atoms with van der Waals surface area (Å²) in [6, 6.07) is 1.02. The van der Waals surface area contributed by atoms with Crippen LogP contribution in [0.5, 0.6) is 0 Å². The average molecular weight is 367 g/mol. The molecule has 1 amide bonds. The minimum Gasteiger partial charge on any atom is -0.309 e. The van der Waals surface area contributed by atoms with E-state index in [0.29, 0.717) is 24.6 Å². The zero-order valence-corrected chi connectivity index (χ0v) is 13.2. The molecule has 136 valence electrons. The number of alkyl halides is 3. The number of nitrogens with zero attached hydrogens (tertiary/aromatic N) is 3. The minimum absolute atomic E-state index is 0.0479. The summed E-state index contributed by atoms with van der Waals surface area (Å²) in [5.74, 6) is -0.981. The van der Waals surface area contributed by atoms with Crippen LogP contribution in [0.4, 0.5) is 23.4 Å². The van der Waals surface area contributed by atoms with Crippen molar-refractivity contribution in [2.24, 2.45) is 5.92 Å². The van der Waals surface area contributed by atoms with E-state index in [1.807, 2.05) is 0 Å². The Morgan fingerprint density at radius 2 is 1.88 bits per heavy atom.